The molecule has 0 aliphatic carbocycles. The van der Waals surface area contributed by atoms with Gasteiger partial charge in [-0.3, -0.25) is 4.90 Å². The smallest absolute Gasteiger partial charge is 0.319 e. The summed E-state index contributed by atoms with van der Waals surface area (Å²) in [5.74, 6) is -0.654. The first kappa shape index (κ1) is 16.2. The van der Waals surface area contributed by atoms with Gasteiger partial charge in [-0.25, -0.2) is 4.39 Å². The van der Waals surface area contributed by atoms with Crippen molar-refractivity contribution in [3.63, 3.8) is 0 Å². The molecule has 0 saturated carbocycles. The van der Waals surface area contributed by atoms with Crippen LogP contribution >= 0.6 is 0 Å². The monoisotopic (exact) mass is 304 g/mol. The minimum atomic E-state index is -4.53. The molecule has 2 rings (SSSR count). The summed E-state index contributed by atoms with van der Waals surface area (Å²) in [6.45, 7) is 1.51. The van der Waals surface area contributed by atoms with E-state index >= 15 is 0 Å². The van der Waals surface area contributed by atoms with Crippen molar-refractivity contribution >= 4 is 0 Å². The molecule has 2 nitrogen and oxygen atoms in total. The third-order valence-corrected chi connectivity index (χ3v) is 4.06. The Balaban J connectivity index is 2.40. The van der Waals surface area contributed by atoms with E-state index in [2.05, 4.69) is 5.32 Å². The molecule has 0 radical (unpaired) electrons. The minimum absolute atomic E-state index is 0.177. The van der Waals surface area contributed by atoms with Crippen molar-refractivity contribution in [3.8, 4) is 0 Å². The molecule has 0 bridgehead atoms. The summed E-state index contributed by atoms with van der Waals surface area (Å²) < 4.78 is 52.2. The maximum absolute atomic E-state index is 13.6. The van der Waals surface area contributed by atoms with E-state index in [1.165, 1.54) is 6.07 Å². The highest BCUT2D eigenvalue weighted by molar-refractivity contribution is 5.30. The first-order chi connectivity index (χ1) is 9.82. The first-order valence-corrected chi connectivity index (χ1v) is 7.05. The lowest BCUT2D eigenvalue weighted by Gasteiger charge is -2.39. The van der Waals surface area contributed by atoms with Crippen molar-refractivity contribution < 1.29 is 17.6 Å². The number of piperidine rings is 1. The molecule has 0 amide bonds. The summed E-state index contributed by atoms with van der Waals surface area (Å²) in [7, 11) is 3.70. The molecule has 118 valence electrons. The standard InChI is InChI=1S/C15H20F4N2/c1-20-9-10-4-3-5-21(2)14(10)11-6-12(15(17,18)19)8-13(16)7-11/h6-8,10,14,20H,3-5,9H2,1-2H3. The molecule has 1 aromatic rings. The molecule has 2 unspecified atom stereocenters. The van der Waals surface area contributed by atoms with Crippen LogP contribution in [-0.2, 0) is 6.18 Å². The number of hydrogen-bond donors (Lipinski definition) is 1. The van der Waals surface area contributed by atoms with Gasteiger partial charge in [0, 0.05) is 6.04 Å². The molecule has 6 heteroatoms. The molecule has 1 N–H and O–H groups in total. The van der Waals surface area contributed by atoms with Crippen LogP contribution in [0.4, 0.5) is 17.6 Å². The molecule has 1 aliphatic heterocycles. The molecule has 1 aliphatic rings. The van der Waals surface area contributed by atoms with E-state index in [0.29, 0.717) is 18.2 Å². The van der Waals surface area contributed by atoms with Crippen LogP contribution in [0.25, 0.3) is 0 Å². The van der Waals surface area contributed by atoms with Crippen molar-refractivity contribution in [1.82, 2.24) is 10.2 Å². The molecule has 0 aromatic heterocycles. The predicted molar refractivity (Wildman–Crippen MR) is 73.4 cm³/mol. The Morgan fingerprint density at radius 3 is 2.62 bits per heavy atom. The van der Waals surface area contributed by atoms with Crippen LogP contribution in [0, 0.1) is 11.7 Å². The Morgan fingerprint density at radius 2 is 2.00 bits per heavy atom. The van der Waals surface area contributed by atoms with Gasteiger partial charge in [0.05, 0.1) is 5.56 Å². The number of alkyl halides is 3. The first-order valence-electron chi connectivity index (χ1n) is 7.05. The van der Waals surface area contributed by atoms with Crippen LogP contribution < -0.4 is 5.32 Å². The van der Waals surface area contributed by atoms with Crippen LogP contribution in [0.3, 0.4) is 0 Å². The fraction of sp³-hybridized carbons (Fsp3) is 0.600. The summed E-state index contributed by atoms with van der Waals surface area (Å²) >= 11 is 0. The SMILES string of the molecule is CNCC1CCCN(C)C1c1cc(F)cc(C(F)(F)F)c1. The Bertz CT molecular complexity index is 485. The fourth-order valence-corrected chi connectivity index (χ4v) is 3.21. The van der Waals surface area contributed by atoms with Gasteiger partial charge in [-0.1, -0.05) is 0 Å². The largest absolute Gasteiger partial charge is 0.416 e. The zero-order valence-electron chi connectivity index (χ0n) is 12.2. The number of likely N-dealkylation sites (tertiary alicyclic amines) is 1. The van der Waals surface area contributed by atoms with E-state index in [1.54, 1.807) is 0 Å². The Morgan fingerprint density at radius 1 is 1.29 bits per heavy atom. The van der Waals surface area contributed by atoms with Gasteiger partial charge >= 0.3 is 6.18 Å². The molecular formula is C15H20F4N2. The highest BCUT2D eigenvalue weighted by Crippen LogP contribution is 2.38. The van der Waals surface area contributed by atoms with E-state index in [4.69, 9.17) is 0 Å². The quantitative estimate of drug-likeness (QED) is 0.861. The van der Waals surface area contributed by atoms with Crippen molar-refractivity contribution in [1.29, 1.82) is 0 Å². The van der Waals surface area contributed by atoms with E-state index in [1.807, 2.05) is 19.0 Å². The van der Waals surface area contributed by atoms with Crippen LogP contribution in [0.5, 0.6) is 0 Å². The van der Waals surface area contributed by atoms with E-state index in [9.17, 15) is 17.6 Å². The number of rotatable bonds is 3. The summed E-state index contributed by atoms with van der Waals surface area (Å²) in [4.78, 5) is 2.01. The number of benzene rings is 1. The Kier molecular flexibility index (Phi) is 4.88. The van der Waals surface area contributed by atoms with Gasteiger partial charge in [-0.15, -0.1) is 0 Å². The predicted octanol–water partition coefficient (Wildman–Crippen LogP) is 3.45. The van der Waals surface area contributed by atoms with Gasteiger partial charge < -0.3 is 5.32 Å². The molecule has 0 spiro atoms. The van der Waals surface area contributed by atoms with E-state index < -0.39 is 17.6 Å². The second-order valence-electron chi connectivity index (χ2n) is 5.66. The van der Waals surface area contributed by atoms with Crippen LogP contribution in [0.2, 0.25) is 0 Å². The molecule has 1 heterocycles. The van der Waals surface area contributed by atoms with Crippen LogP contribution in [0.1, 0.15) is 30.0 Å². The fourth-order valence-electron chi connectivity index (χ4n) is 3.21. The zero-order chi connectivity index (χ0) is 15.6. The normalized spacial score (nSPS) is 24.3. The second kappa shape index (κ2) is 6.32. The summed E-state index contributed by atoms with van der Waals surface area (Å²) in [5.41, 5.74) is -0.510. The van der Waals surface area contributed by atoms with Crippen molar-refractivity contribution in [2.75, 3.05) is 27.2 Å². The lowest BCUT2D eigenvalue weighted by molar-refractivity contribution is -0.137. The number of nitrogens with one attached hydrogen (secondary N) is 1. The Labute approximate surface area is 122 Å². The topological polar surface area (TPSA) is 15.3 Å². The van der Waals surface area contributed by atoms with Gasteiger partial charge in [0.15, 0.2) is 0 Å². The van der Waals surface area contributed by atoms with Crippen LogP contribution in [-0.4, -0.2) is 32.1 Å². The summed E-state index contributed by atoms with van der Waals surface area (Å²) in [5, 5.41) is 3.07. The number of nitrogens with zero attached hydrogens (tertiary/aromatic N) is 1. The zero-order valence-corrected chi connectivity index (χ0v) is 12.2. The molecule has 1 aromatic carbocycles. The van der Waals surface area contributed by atoms with Crippen molar-refractivity contribution in [2.24, 2.45) is 5.92 Å². The maximum atomic E-state index is 13.6. The second-order valence-corrected chi connectivity index (χ2v) is 5.66. The summed E-state index contributed by atoms with van der Waals surface area (Å²) in [6, 6.07) is 2.67. The number of halogens is 4. The number of hydrogen-bond acceptors (Lipinski definition) is 2. The van der Waals surface area contributed by atoms with Gasteiger partial charge in [-0.2, -0.15) is 13.2 Å². The molecule has 1 saturated heterocycles. The van der Waals surface area contributed by atoms with Crippen molar-refractivity contribution in [2.45, 2.75) is 25.1 Å². The highest BCUT2D eigenvalue weighted by Gasteiger charge is 2.35. The maximum Gasteiger partial charge on any atom is 0.416 e. The molecule has 21 heavy (non-hydrogen) atoms. The van der Waals surface area contributed by atoms with E-state index in [-0.39, 0.29) is 12.0 Å². The molecular weight excluding hydrogens is 284 g/mol. The molecule has 2 atom stereocenters. The summed E-state index contributed by atoms with van der Waals surface area (Å²) in [6.07, 6.45) is -2.60. The van der Waals surface area contributed by atoms with E-state index in [0.717, 1.165) is 25.5 Å². The average Bonchev–Trinajstić information content (AvgIpc) is 2.37. The highest BCUT2D eigenvalue weighted by atomic mass is 19.4. The third kappa shape index (κ3) is 3.74. The van der Waals surface area contributed by atoms with Crippen molar-refractivity contribution in [3.05, 3.63) is 35.1 Å². The molecule has 1 fully saturated rings. The lowest BCUT2D eigenvalue weighted by Crippen LogP contribution is -2.40. The van der Waals surface area contributed by atoms with Crippen LogP contribution in [0.15, 0.2) is 18.2 Å². The Hall–Kier alpha value is -1.14. The lowest BCUT2D eigenvalue weighted by atomic mass is 9.84. The third-order valence-electron chi connectivity index (χ3n) is 4.06. The van der Waals surface area contributed by atoms with Gasteiger partial charge in [0.25, 0.3) is 0 Å². The van der Waals surface area contributed by atoms with Gasteiger partial charge in [-0.05, 0) is 69.7 Å². The average molecular weight is 304 g/mol. The minimum Gasteiger partial charge on any atom is -0.319 e. The van der Waals surface area contributed by atoms with Gasteiger partial charge in [0.2, 0.25) is 0 Å². The van der Waals surface area contributed by atoms with Gasteiger partial charge in [0.1, 0.15) is 5.82 Å².